The van der Waals surface area contributed by atoms with Gasteiger partial charge in [0.05, 0.1) is 11.8 Å². The van der Waals surface area contributed by atoms with Gasteiger partial charge in [-0.25, -0.2) is 8.42 Å². The van der Waals surface area contributed by atoms with Crippen molar-refractivity contribution in [2.24, 2.45) is 5.73 Å². The van der Waals surface area contributed by atoms with Crippen LogP contribution in [0.25, 0.3) is 11.1 Å². The minimum atomic E-state index is -3.74. The number of rotatable bonds is 9. The molecule has 3 aromatic carbocycles. The number of para-hydroxylation sites is 1. The molecule has 222 valence electrons. The number of fused-ring (bicyclic) bond motifs is 1. The van der Waals surface area contributed by atoms with Crippen molar-refractivity contribution in [3.8, 4) is 11.1 Å². The van der Waals surface area contributed by atoms with Crippen LogP contribution in [0.15, 0.2) is 72.8 Å². The molecule has 2 atom stereocenters. The van der Waals surface area contributed by atoms with Gasteiger partial charge in [-0.3, -0.25) is 14.4 Å². The first kappa shape index (κ1) is 30.9. The van der Waals surface area contributed by atoms with Crippen LogP contribution in [0.4, 0.5) is 5.69 Å². The normalized spacial score (nSPS) is 17.3. The fourth-order valence-electron chi connectivity index (χ4n) is 5.24. The molecule has 0 saturated carbocycles. The van der Waals surface area contributed by atoms with Crippen LogP contribution in [0.5, 0.6) is 0 Å². The monoisotopic (exact) mass is 590 g/mol. The Morgan fingerprint density at radius 3 is 2.29 bits per heavy atom. The van der Waals surface area contributed by atoms with Crippen molar-refractivity contribution in [3.05, 3.63) is 89.5 Å². The van der Waals surface area contributed by atoms with E-state index >= 15 is 0 Å². The van der Waals surface area contributed by atoms with E-state index in [2.05, 4.69) is 10.6 Å². The molecular formula is C32H38N4O5S. The molecule has 0 spiro atoms. The summed E-state index contributed by atoms with van der Waals surface area (Å²) in [5.74, 6) is -1.16. The standard InChI is InChI=1S/C32H38N4O5S/c1-5-34-30(38)25-12-8-7-11-24(25)22-16-14-21(15-17-22)20-36-26-13-9-6-10-23(26)18-27(42(4,40)41)29(31(36)39)35-28(37)19-32(2,3)33/h6-17,27,29H,5,18-20,33H2,1-4H3,(H,34,38)(H,35,37). The van der Waals surface area contributed by atoms with Crippen LogP contribution < -0.4 is 21.3 Å². The Kier molecular flexibility index (Phi) is 9.18. The van der Waals surface area contributed by atoms with Gasteiger partial charge in [0, 0.05) is 36.0 Å². The van der Waals surface area contributed by atoms with Crippen LogP contribution in [0.1, 0.15) is 48.7 Å². The number of hydrogen-bond donors (Lipinski definition) is 3. The molecule has 2 unspecified atom stereocenters. The Morgan fingerprint density at radius 2 is 1.64 bits per heavy atom. The first-order valence-electron chi connectivity index (χ1n) is 13.9. The minimum Gasteiger partial charge on any atom is -0.352 e. The molecule has 9 nitrogen and oxygen atoms in total. The molecular weight excluding hydrogens is 552 g/mol. The van der Waals surface area contributed by atoms with Crippen LogP contribution in [-0.2, 0) is 32.4 Å². The number of nitrogens with two attached hydrogens (primary N) is 1. The quantitative estimate of drug-likeness (QED) is 0.350. The second-order valence-corrected chi connectivity index (χ2v) is 13.7. The summed E-state index contributed by atoms with van der Waals surface area (Å²) in [6.07, 6.45) is 1.09. The average molecular weight is 591 g/mol. The molecule has 42 heavy (non-hydrogen) atoms. The highest BCUT2D eigenvalue weighted by Crippen LogP contribution is 2.32. The number of carbonyl (C=O) groups excluding carboxylic acids is 3. The second kappa shape index (κ2) is 12.5. The van der Waals surface area contributed by atoms with Crippen molar-refractivity contribution in [2.75, 3.05) is 17.7 Å². The van der Waals surface area contributed by atoms with E-state index in [0.717, 1.165) is 22.9 Å². The second-order valence-electron chi connectivity index (χ2n) is 11.4. The maximum atomic E-state index is 14.1. The lowest BCUT2D eigenvalue weighted by Crippen LogP contribution is -2.56. The number of amides is 3. The number of benzene rings is 3. The van der Waals surface area contributed by atoms with E-state index in [1.165, 1.54) is 4.90 Å². The highest BCUT2D eigenvalue weighted by Gasteiger charge is 2.43. The average Bonchev–Trinajstić information content (AvgIpc) is 3.03. The number of anilines is 1. The van der Waals surface area contributed by atoms with Gasteiger partial charge in [0.15, 0.2) is 9.84 Å². The fourth-order valence-corrected chi connectivity index (χ4v) is 6.40. The van der Waals surface area contributed by atoms with Crippen molar-refractivity contribution in [1.29, 1.82) is 0 Å². The van der Waals surface area contributed by atoms with E-state index in [9.17, 15) is 22.8 Å². The predicted octanol–water partition coefficient (Wildman–Crippen LogP) is 3.22. The largest absolute Gasteiger partial charge is 0.352 e. The van der Waals surface area contributed by atoms with E-state index in [1.807, 2.05) is 55.5 Å². The SMILES string of the molecule is CCNC(=O)c1ccccc1-c1ccc(CN2C(=O)C(NC(=O)CC(C)(C)N)C(S(C)(=O)=O)Cc3ccccc32)cc1. The number of hydrogen-bond acceptors (Lipinski definition) is 6. The van der Waals surface area contributed by atoms with Crippen molar-refractivity contribution < 1.29 is 22.8 Å². The topological polar surface area (TPSA) is 139 Å². The van der Waals surface area contributed by atoms with Crippen LogP contribution in [0.3, 0.4) is 0 Å². The number of nitrogens with one attached hydrogen (secondary N) is 2. The molecule has 10 heteroatoms. The molecule has 4 N–H and O–H groups in total. The maximum absolute atomic E-state index is 14.1. The van der Waals surface area contributed by atoms with E-state index in [1.54, 1.807) is 38.1 Å². The molecule has 0 saturated heterocycles. The zero-order valence-electron chi connectivity index (χ0n) is 24.4. The Bertz CT molecular complexity index is 1580. The third kappa shape index (κ3) is 7.24. The molecule has 1 heterocycles. The van der Waals surface area contributed by atoms with Crippen molar-refractivity contribution in [2.45, 2.75) is 57.0 Å². The lowest BCUT2D eigenvalue weighted by molar-refractivity contribution is -0.128. The smallest absolute Gasteiger partial charge is 0.251 e. The van der Waals surface area contributed by atoms with Gasteiger partial charge in [-0.15, -0.1) is 0 Å². The summed E-state index contributed by atoms with van der Waals surface area (Å²) >= 11 is 0. The molecule has 0 fully saturated rings. The van der Waals surface area contributed by atoms with Gasteiger partial charge in [-0.05, 0) is 61.6 Å². The molecule has 3 aromatic rings. The van der Waals surface area contributed by atoms with Crippen molar-refractivity contribution in [1.82, 2.24) is 10.6 Å². The van der Waals surface area contributed by atoms with Crippen LogP contribution in [-0.4, -0.2) is 55.8 Å². The number of sulfone groups is 1. The van der Waals surface area contributed by atoms with Gasteiger partial charge in [-0.2, -0.15) is 0 Å². The van der Waals surface area contributed by atoms with Gasteiger partial charge in [0.2, 0.25) is 5.91 Å². The van der Waals surface area contributed by atoms with Gasteiger partial charge in [-0.1, -0.05) is 60.7 Å². The predicted molar refractivity (Wildman–Crippen MR) is 165 cm³/mol. The van der Waals surface area contributed by atoms with Crippen LogP contribution in [0.2, 0.25) is 0 Å². The van der Waals surface area contributed by atoms with Crippen molar-refractivity contribution >= 4 is 33.2 Å². The van der Waals surface area contributed by atoms with E-state index in [4.69, 9.17) is 5.73 Å². The molecule has 4 rings (SSSR count). The highest BCUT2D eigenvalue weighted by atomic mass is 32.2. The summed E-state index contributed by atoms with van der Waals surface area (Å²) in [6.45, 7) is 5.92. The Hall–Kier alpha value is -4.02. The molecule has 0 bridgehead atoms. The summed E-state index contributed by atoms with van der Waals surface area (Å²) in [7, 11) is -3.74. The lowest BCUT2D eigenvalue weighted by atomic mass is 9.98. The van der Waals surface area contributed by atoms with Gasteiger partial charge in [0.1, 0.15) is 6.04 Å². The zero-order chi connectivity index (χ0) is 30.7. The lowest BCUT2D eigenvalue weighted by Gasteiger charge is -2.29. The van der Waals surface area contributed by atoms with E-state index in [0.29, 0.717) is 23.4 Å². The fraction of sp³-hybridized carbons (Fsp3) is 0.344. The third-order valence-corrected chi connectivity index (χ3v) is 8.74. The summed E-state index contributed by atoms with van der Waals surface area (Å²) in [5.41, 5.74) is 9.47. The Balaban J connectivity index is 1.69. The summed E-state index contributed by atoms with van der Waals surface area (Å²) in [6, 6.07) is 20.8. The molecule has 0 aromatic heterocycles. The third-order valence-electron chi connectivity index (χ3n) is 7.20. The summed E-state index contributed by atoms with van der Waals surface area (Å²) < 4.78 is 25.9. The molecule has 3 amide bonds. The van der Waals surface area contributed by atoms with E-state index in [-0.39, 0.29) is 25.3 Å². The Morgan fingerprint density at radius 1 is 1.00 bits per heavy atom. The zero-order valence-corrected chi connectivity index (χ0v) is 25.2. The highest BCUT2D eigenvalue weighted by molar-refractivity contribution is 7.91. The minimum absolute atomic E-state index is 0.0700. The van der Waals surface area contributed by atoms with Crippen LogP contribution >= 0.6 is 0 Å². The van der Waals surface area contributed by atoms with Gasteiger partial charge >= 0.3 is 0 Å². The first-order valence-corrected chi connectivity index (χ1v) is 15.9. The maximum Gasteiger partial charge on any atom is 0.251 e. The molecule has 1 aliphatic heterocycles. The summed E-state index contributed by atoms with van der Waals surface area (Å²) in [5, 5.41) is 4.40. The van der Waals surface area contributed by atoms with Gasteiger partial charge < -0.3 is 21.3 Å². The summed E-state index contributed by atoms with van der Waals surface area (Å²) in [4.78, 5) is 41.1. The van der Waals surface area contributed by atoms with Crippen molar-refractivity contribution in [3.63, 3.8) is 0 Å². The van der Waals surface area contributed by atoms with Gasteiger partial charge in [0.25, 0.3) is 11.8 Å². The van der Waals surface area contributed by atoms with Crippen LogP contribution in [0, 0.1) is 0 Å². The number of carbonyl (C=O) groups is 3. The van der Waals surface area contributed by atoms with E-state index < -0.39 is 38.5 Å². The number of nitrogens with zero attached hydrogens (tertiary/aromatic N) is 1. The first-order chi connectivity index (χ1) is 19.8. The molecule has 0 aliphatic carbocycles. The molecule has 0 radical (unpaired) electrons. The molecule has 1 aliphatic rings. The Labute approximate surface area is 247 Å².